The van der Waals surface area contributed by atoms with Gasteiger partial charge in [-0.15, -0.1) is 0 Å². The van der Waals surface area contributed by atoms with Crippen LogP contribution in [0.2, 0.25) is 5.15 Å². The van der Waals surface area contributed by atoms with Gasteiger partial charge < -0.3 is 5.73 Å². The molecule has 2 N–H and O–H groups in total. The molecule has 21 heavy (non-hydrogen) atoms. The van der Waals surface area contributed by atoms with Gasteiger partial charge in [-0.05, 0) is 26.0 Å². The van der Waals surface area contributed by atoms with Crippen molar-refractivity contribution >= 4 is 28.7 Å². The maximum atomic E-state index is 12.2. The summed E-state index contributed by atoms with van der Waals surface area (Å²) < 4.78 is 36.6. The van der Waals surface area contributed by atoms with E-state index in [2.05, 4.69) is 9.98 Å². The predicted octanol–water partition coefficient (Wildman–Crippen LogP) is 3.26. The van der Waals surface area contributed by atoms with Gasteiger partial charge in [0.1, 0.15) is 11.7 Å². The highest BCUT2D eigenvalue weighted by Crippen LogP contribution is 2.22. The van der Waals surface area contributed by atoms with E-state index in [1.54, 1.807) is 0 Å². The highest BCUT2D eigenvalue weighted by Gasteiger charge is 2.27. The lowest BCUT2D eigenvalue weighted by Gasteiger charge is -2.11. The van der Waals surface area contributed by atoms with Crippen LogP contribution in [0.1, 0.15) is 29.9 Å². The van der Waals surface area contributed by atoms with E-state index in [1.165, 1.54) is 26.0 Å². The Kier molecular flexibility index (Phi) is 5.48. The van der Waals surface area contributed by atoms with E-state index in [4.69, 9.17) is 17.3 Å². The fraction of sp³-hybridized carbons (Fsp3) is 0.308. The molecule has 4 nitrogen and oxygen atoms in total. The van der Waals surface area contributed by atoms with Crippen molar-refractivity contribution in [2.45, 2.75) is 20.0 Å². The average Bonchev–Trinajstić information content (AvgIpc) is 2.36. The normalized spacial score (nSPS) is 13.4. The number of Topliss-reactive ketones (excluding diaryl/α,β-unsaturated/α-hetero) is 1. The van der Waals surface area contributed by atoms with Crippen molar-refractivity contribution in [1.29, 1.82) is 0 Å². The van der Waals surface area contributed by atoms with Gasteiger partial charge in [0.25, 0.3) is 0 Å². The number of aromatic nitrogens is 1. The molecular formula is C13H13ClF3N3O. The molecule has 114 valence electrons. The first-order valence-corrected chi connectivity index (χ1v) is 6.21. The zero-order chi connectivity index (χ0) is 16.2. The van der Waals surface area contributed by atoms with Crippen LogP contribution in [0.5, 0.6) is 0 Å². The SMILES string of the molecule is CC(=O)c1ccc(Cl)nc1C(=CN)C(C)=NCC(F)(F)F. The number of ketones is 1. The molecular weight excluding hydrogens is 307 g/mol. The second kappa shape index (κ2) is 6.71. The van der Waals surface area contributed by atoms with Crippen molar-refractivity contribution in [3.63, 3.8) is 0 Å². The zero-order valence-corrected chi connectivity index (χ0v) is 12.1. The Morgan fingerprint density at radius 1 is 1.43 bits per heavy atom. The monoisotopic (exact) mass is 319 g/mol. The molecule has 0 aromatic carbocycles. The van der Waals surface area contributed by atoms with Gasteiger partial charge in [-0.1, -0.05) is 11.6 Å². The molecule has 0 atom stereocenters. The van der Waals surface area contributed by atoms with Gasteiger partial charge in [-0.3, -0.25) is 9.79 Å². The molecule has 0 fully saturated rings. The second-order valence-electron chi connectivity index (χ2n) is 4.18. The maximum Gasteiger partial charge on any atom is 0.407 e. The number of carbonyl (C=O) groups is 1. The van der Waals surface area contributed by atoms with Crippen LogP contribution in [-0.4, -0.2) is 29.2 Å². The van der Waals surface area contributed by atoms with E-state index < -0.39 is 12.7 Å². The number of allylic oxidation sites excluding steroid dienone is 1. The Bertz CT molecular complexity index is 609. The Hall–Kier alpha value is -1.89. The molecule has 0 aliphatic carbocycles. The molecule has 1 rings (SSSR count). The van der Waals surface area contributed by atoms with Crippen LogP contribution >= 0.6 is 11.6 Å². The summed E-state index contributed by atoms with van der Waals surface area (Å²) >= 11 is 5.77. The van der Waals surface area contributed by atoms with Crippen LogP contribution in [0.4, 0.5) is 13.2 Å². The van der Waals surface area contributed by atoms with Crippen molar-refractivity contribution in [2.75, 3.05) is 6.54 Å². The third-order valence-electron chi connectivity index (χ3n) is 2.55. The van der Waals surface area contributed by atoms with Crippen molar-refractivity contribution < 1.29 is 18.0 Å². The lowest BCUT2D eigenvalue weighted by atomic mass is 10.0. The molecule has 0 aliphatic heterocycles. The minimum absolute atomic E-state index is 0.0205. The fourth-order valence-electron chi connectivity index (χ4n) is 1.59. The van der Waals surface area contributed by atoms with Crippen LogP contribution in [0.3, 0.4) is 0 Å². The van der Waals surface area contributed by atoms with Gasteiger partial charge in [0.05, 0.1) is 5.69 Å². The van der Waals surface area contributed by atoms with Crippen molar-refractivity contribution in [3.05, 3.63) is 34.7 Å². The number of hydrogen-bond donors (Lipinski definition) is 1. The average molecular weight is 320 g/mol. The van der Waals surface area contributed by atoms with E-state index in [0.29, 0.717) is 0 Å². The smallest absolute Gasteiger partial charge is 0.404 e. The van der Waals surface area contributed by atoms with E-state index in [9.17, 15) is 18.0 Å². The number of halogens is 4. The Morgan fingerprint density at radius 3 is 2.52 bits per heavy atom. The number of hydrogen-bond acceptors (Lipinski definition) is 4. The molecule has 1 heterocycles. The third-order valence-corrected chi connectivity index (χ3v) is 2.76. The number of nitrogens with two attached hydrogens (primary N) is 1. The van der Waals surface area contributed by atoms with Crippen LogP contribution < -0.4 is 5.73 Å². The lowest BCUT2D eigenvalue weighted by Crippen LogP contribution is -2.15. The van der Waals surface area contributed by atoms with Gasteiger partial charge in [-0.25, -0.2) is 4.98 Å². The molecule has 0 saturated heterocycles. The molecule has 0 spiro atoms. The number of pyridine rings is 1. The first-order valence-electron chi connectivity index (χ1n) is 5.83. The van der Waals surface area contributed by atoms with Crippen molar-refractivity contribution in [3.8, 4) is 0 Å². The summed E-state index contributed by atoms with van der Waals surface area (Å²) in [5, 5.41) is 0.0953. The van der Waals surface area contributed by atoms with Gasteiger partial charge in [0.15, 0.2) is 5.78 Å². The van der Waals surface area contributed by atoms with E-state index in [-0.39, 0.29) is 33.5 Å². The van der Waals surface area contributed by atoms with E-state index >= 15 is 0 Å². The van der Waals surface area contributed by atoms with E-state index in [1.807, 2.05) is 0 Å². The standard InChI is InChI=1S/C13H13ClF3N3O/c1-7(19-6-13(15,16)17)10(5-18)12-9(8(2)21)3-4-11(14)20-12/h3-5H,6,18H2,1-2H3. The molecule has 1 aromatic rings. The maximum absolute atomic E-state index is 12.2. The first-order chi connectivity index (χ1) is 9.65. The highest BCUT2D eigenvalue weighted by molar-refractivity contribution is 6.30. The molecule has 0 aliphatic rings. The molecule has 0 saturated carbocycles. The molecule has 0 unspecified atom stereocenters. The Balaban J connectivity index is 3.29. The van der Waals surface area contributed by atoms with Crippen LogP contribution in [-0.2, 0) is 0 Å². The molecule has 0 radical (unpaired) electrons. The van der Waals surface area contributed by atoms with Crippen LogP contribution in [0.15, 0.2) is 23.3 Å². The third kappa shape index (κ3) is 4.86. The number of nitrogens with zero attached hydrogens (tertiary/aromatic N) is 2. The molecule has 0 bridgehead atoms. The van der Waals surface area contributed by atoms with Gasteiger partial charge >= 0.3 is 6.18 Å². The summed E-state index contributed by atoms with van der Waals surface area (Å²) in [7, 11) is 0. The number of rotatable bonds is 4. The Morgan fingerprint density at radius 2 is 2.05 bits per heavy atom. The zero-order valence-electron chi connectivity index (χ0n) is 11.3. The van der Waals surface area contributed by atoms with Gasteiger partial charge in [0.2, 0.25) is 0 Å². The predicted molar refractivity (Wildman–Crippen MR) is 75.4 cm³/mol. The first kappa shape index (κ1) is 17.2. The topological polar surface area (TPSA) is 68.3 Å². The Labute approximate surface area is 124 Å². The van der Waals surface area contributed by atoms with Gasteiger partial charge in [0, 0.05) is 23.0 Å². The number of carbonyl (C=O) groups excluding carboxylic acids is 1. The largest absolute Gasteiger partial charge is 0.407 e. The lowest BCUT2D eigenvalue weighted by molar-refractivity contribution is -0.118. The molecule has 0 amide bonds. The minimum atomic E-state index is -4.42. The number of aliphatic imine (C=N–C) groups is 1. The summed E-state index contributed by atoms with van der Waals surface area (Å²) in [6.07, 6.45) is -3.37. The van der Waals surface area contributed by atoms with Crippen LogP contribution in [0, 0.1) is 0 Å². The van der Waals surface area contributed by atoms with Crippen LogP contribution in [0.25, 0.3) is 5.57 Å². The number of alkyl halides is 3. The van der Waals surface area contributed by atoms with Gasteiger partial charge in [-0.2, -0.15) is 13.2 Å². The van der Waals surface area contributed by atoms with E-state index in [0.717, 1.165) is 6.20 Å². The molecule has 8 heteroatoms. The summed E-state index contributed by atoms with van der Waals surface area (Å²) in [4.78, 5) is 19.0. The summed E-state index contributed by atoms with van der Waals surface area (Å²) in [6, 6.07) is 2.85. The summed E-state index contributed by atoms with van der Waals surface area (Å²) in [6.45, 7) is 1.33. The fourth-order valence-corrected chi connectivity index (χ4v) is 1.74. The molecule has 1 aromatic heterocycles. The summed E-state index contributed by atoms with van der Waals surface area (Å²) in [5.41, 5.74) is 5.92. The quantitative estimate of drug-likeness (QED) is 0.526. The minimum Gasteiger partial charge on any atom is -0.404 e. The summed E-state index contributed by atoms with van der Waals surface area (Å²) in [5.74, 6) is -0.308. The van der Waals surface area contributed by atoms with Crippen molar-refractivity contribution in [1.82, 2.24) is 4.98 Å². The second-order valence-corrected chi connectivity index (χ2v) is 4.57. The highest BCUT2D eigenvalue weighted by atomic mass is 35.5. The van der Waals surface area contributed by atoms with Crippen molar-refractivity contribution in [2.24, 2.45) is 10.7 Å².